The van der Waals surface area contributed by atoms with Gasteiger partial charge in [-0.1, -0.05) is 18.2 Å². The highest BCUT2D eigenvalue weighted by Crippen LogP contribution is 2.03. The van der Waals surface area contributed by atoms with Gasteiger partial charge >= 0.3 is 0 Å². The van der Waals surface area contributed by atoms with Gasteiger partial charge in [-0.2, -0.15) is 7.05 Å². The number of hydrogen-bond acceptors (Lipinski definition) is 0. The Bertz CT molecular complexity index is 210. The zero-order valence-corrected chi connectivity index (χ0v) is 5.68. The van der Waals surface area contributed by atoms with E-state index >= 15 is 0 Å². The molecule has 0 saturated heterocycles. The predicted octanol–water partition coefficient (Wildman–Crippen LogP) is 0.681. The van der Waals surface area contributed by atoms with Gasteiger partial charge in [0.1, 0.15) is 5.82 Å². The van der Waals surface area contributed by atoms with Crippen LogP contribution in [0.2, 0.25) is 0 Å². The Morgan fingerprint density at radius 3 is 2.70 bits per heavy atom. The summed E-state index contributed by atoms with van der Waals surface area (Å²) in [6.45, 7) is 0.604. The minimum atomic E-state index is -0.151. The van der Waals surface area contributed by atoms with Crippen LogP contribution in [0.4, 0.5) is 4.39 Å². The number of nitrogens with two attached hydrogens (primary N) is 1. The fourth-order valence-corrected chi connectivity index (χ4v) is 0.819. The second-order valence-electron chi connectivity index (χ2n) is 2.08. The molecule has 10 heavy (non-hydrogen) atoms. The number of hydrogen-bond donors (Lipinski definition) is 1. The van der Waals surface area contributed by atoms with Gasteiger partial charge in [0.05, 0.1) is 6.54 Å². The molecule has 0 fully saturated rings. The van der Waals surface area contributed by atoms with Crippen molar-refractivity contribution in [2.24, 2.45) is 0 Å². The molecule has 1 aromatic carbocycles. The van der Waals surface area contributed by atoms with Crippen LogP contribution in [0.1, 0.15) is 5.56 Å². The Balaban J connectivity index is 2.81. The molecule has 1 rings (SSSR count). The molecule has 0 unspecified atom stereocenters. The van der Waals surface area contributed by atoms with E-state index in [1.54, 1.807) is 17.4 Å². The summed E-state index contributed by atoms with van der Waals surface area (Å²) in [5.74, 6) is -0.151. The molecular formula is C8H10FN. The lowest BCUT2D eigenvalue weighted by molar-refractivity contribution is -0.612. The molecule has 0 radical (unpaired) electrons. The number of quaternary nitrogens is 1. The van der Waals surface area contributed by atoms with Crippen LogP contribution < -0.4 is 5.32 Å². The van der Waals surface area contributed by atoms with Gasteiger partial charge in [0, 0.05) is 5.56 Å². The van der Waals surface area contributed by atoms with Crippen molar-refractivity contribution >= 4 is 0 Å². The van der Waals surface area contributed by atoms with Crippen molar-refractivity contribution in [3.8, 4) is 0 Å². The van der Waals surface area contributed by atoms with Crippen LogP contribution in [-0.2, 0) is 6.54 Å². The molecule has 0 bridgehead atoms. The molecule has 0 aliphatic rings. The van der Waals surface area contributed by atoms with Gasteiger partial charge < -0.3 is 5.32 Å². The van der Waals surface area contributed by atoms with Crippen LogP contribution in [0.25, 0.3) is 0 Å². The normalized spacial score (nSPS) is 9.80. The molecule has 1 nitrogen and oxygen atoms in total. The highest BCUT2D eigenvalue weighted by molar-refractivity contribution is 5.15. The maximum absolute atomic E-state index is 12.7. The molecule has 2 N–H and O–H groups in total. The third-order valence-electron chi connectivity index (χ3n) is 1.32. The van der Waals surface area contributed by atoms with E-state index in [2.05, 4.69) is 7.05 Å². The van der Waals surface area contributed by atoms with Gasteiger partial charge in [0.2, 0.25) is 0 Å². The van der Waals surface area contributed by atoms with Gasteiger partial charge in [-0.25, -0.2) is 4.39 Å². The first-order chi connectivity index (χ1) is 4.84. The van der Waals surface area contributed by atoms with Crippen molar-refractivity contribution in [1.29, 1.82) is 0 Å². The van der Waals surface area contributed by atoms with Gasteiger partial charge in [-0.3, -0.25) is 0 Å². The third kappa shape index (κ3) is 1.54. The lowest BCUT2D eigenvalue weighted by Gasteiger charge is -2.00. The summed E-state index contributed by atoms with van der Waals surface area (Å²) < 4.78 is 12.7. The van der Waals surface area contributed by atoms with Crippen LogP contribution in [0.5, 0.6) is 0 Å². The fourth-order valence-electron chi connectivity index (χ4n) is 0.819. The van der Waals surface area contributed by atoms with Crippen LogP contribution in [0.3, 0.4) is 0 Å². The molecule has 0 aromatic heterocycles. The molecule has 54 valence electrons. The van der Waals surface area contributed by atoms with Gasteiger partial charge in [0.25, 0.3) is 0 Å². The largest absolute Gasteiger partial charge is 0.475 e. The van der Waals surface area contributed by atoms with E-state index < -0.39 is 0 Å². The minimum absolute atomic E-state index is 0.151. The van der Waals surface area contributed by atoms with Crippen molar-refractivity contribution in [3.63, 3.8) is 0 Å². The number of rotatable bonds is 2. The first-order valence-electron chi connectivity index (χ1n) is 3.19. The van der Waals surface area contributed by atoms with E-state index in [9.17, 15) is 4.39 Å². The second-order valence-corrected chi connectivity index (χ2v) is 2.08. The summed E-state index contributed by atoms with van der Waals surface area (Å²) in [5, 5.41) is 1.69. The fraction of sp³-hybridized carbons (Fsp3) is 0.125. The van der Waals surface area contributed by atoms with Crippen LogP contribution >= 0.6 is 0 Å². The summed E-state index contributed by atoms with van der Waals surface area (Å²) in [5.41, 5.74) is 0.706. The highest BCUT2D eigenvalue weighted by atomic mass is 19.1. The Morgan fingerprint density at radius 1 is 1.40 bits per heavy atom. The average Bonchev–Trinajstić information content (AvgIpc) is 1.94. The maximum Gasteiger partial charge on any atom is 0.131 e. The Morgan fingerprint density at radius 2 is 2.10 bits per heavy atom. The predicted molar refractivity (Wildman–Crippen MR) is 37.4 cm³/mol. The van der Waals surface area contributed by atoms with E-state index in [0.29, 0.717) is 12.1 Å². The smallest absolute Gasteiger partial charge is 0.131 e. The molecule has 0 heterocycles. The minimum Gasteiger partial charge on any atom is -0.475 e. The van der Waals surface area contributed by atoms with Gasteiger partial charge in [-0.15, -0.1) is 0 Å². The summed E-state index contributed by atoms with van der Waals surface area (Å²) in [6.07, 6.45) is 0. The molecule has 0 aliphatic heterocycles. The standard InChI is InChI=1S/C8H10FN/c1-10-6-7-4-2-3-5-8(7)9/h2-5H,1,6,10H2. The topological polar surface area (TPSA) is 16.6 Å². The first kappa shape index (κ1) is 7.22. The van der Waals surface area contributed by atoms with Crippen molar-refractivity contribution in [2.75, 3.05) is 0 Å². The van der Waals surface area contributed by atoms with E-state index in [4.69, 9.17) is 0 Å². The average molecular weight is 139 g/mol. The molecule has 0 atom stereocenters. The lowest BCUT2D eigenvalue weighted by atomic mass is 10.2. The van der Waals surface area contributed by atoms with E-state index in [-0.39, 0.29) is 5.82 Å². The van der Waals surface area contributed by atoms with Crippen molar-refractivity contribution in [2.45, 2.75) is 6.54 Å². The lowest BCUT2D eigenvalue weighted by Crippen LogP contribution is -2.75. The van der Waals surface area contributed by atoms with Crippen molar-refractivity contribution in [1.82, 2.24) is 0 Å². The Kier molecular flexibility index (Phi) is 2.40. The SMILES string of the molecule is [CH2-][NH2+]Cc1ccccc1F. The van der Waals surface area contributed by atoms with E-state index in [1.807, 2.05) is 6.07 Å². The summed E-state index contributed by atoms with van der Waals surface area (Å²) in [6, 6.07) is 6.72. The third-order valence-corrected chi connectivity index (χ3v) is 1.32. The second kappa shape index (κ2) is 3.32. The van der Waals surface area contributed by atoms with Crippen LogP contribution in [0, 0.1) is 12.9 Å². The summed E-state index contributed by atoms with van der Waals surface area (Å²) >= 11 is 0. The quantitative estimate of drug-likeness (QED) is 0.580. The molecule has 0 spiro atoms. The van der Waals surface area contributed by atoms with Crippen molar-refractivity contribution in [3.05, 3.63) is 42.7 Å². The monoisotopic (exact) mass is 139 g/mol. The van der Waals surface area contributed by atoms with E-state index in [1.165, 1.54) is 6.07 Å². The zero-order valence-electron chi connectivity index (χ0n) is 5.68. The molecule has 2 heteroatoms. The van der Waals surface area contributed by atoms with Crippen LogP contribution in [0.15, 0.2) is 24.3 Å². The maximum atomic E-state index is 12.7. The Labute approximate surface area is 59.9 Å². The summed E-state index contributed by atoms with van der Waals surface area (Å²) in [7, 11) is 3.53. The molecule has 0 saturated carbocycles. The Hall–Kier alpha value is -0.890. The van der Waals surface area contributed by atoms with Gasteiger partial charge in [-0.05, 0) is 6.07 Å². The van der Waals surface area contributed by atoms with E-state index in [0.717, 1.165) is 0 Å². The number of benzene rings is 1. The van der Waals surface area contributed by atoms with Gasteiger partial charge in [0.15, 0.2) is 0 Å². The molecule has 0 amide bonds. The summed E-state index contributed by atoms with van der Waals surface area (Å²) in [4.78, 5) is 0. The molecule has 1 aromatic rings. The van der Waals surface area contributed by atoms with Crippen LogP contribution in [-0.4, -0.2) is 0 Å². The number of halogens is 1. The first-order valence-corrected chi connectivity index (χ1v) is 3.19. The van der Waals surface area contributed by atoms with Crippen molar-refractivity contribution < 1.29 is 9.71 Å². The zero-order chi connectivity index (χ0) is 7.40. The molecular weight excluding hydrogens is 129 g/mol. The highest BCUT2D eigenvalue weighted by Gasteiger charge is 1.97. The molecule has 0 aliphatic carbocycles.